The summed E-state index contributed by atoms with van der Waals surface area (Å²) < 4.78 is 18.2. The van der Waals surface area contributed by atoms with Crippen molar-refractivity contribution >= 4 is 12.3 Å². The molecule has 0 atom stereocenters. The first-order valence-corrected chi connectivity index (χ1v) is 5.08. The molecule has 0 radical (unpaired) electrons. The third-order valence-corrected chi connectivity index (χ3v) is 2.11. The number of benzene rings is 1. The highest BCUT2D eigenvalue weighted by molar-refractivity contribution is 5.91. The molecule has 1 rings (SSSR count). The monoisotopic (exact) mass is 224 g/mol. The van der Waals surface area contributed by atoms with Crippen molar-refractivity contribution in [3.8, 4) is 0 Å². The van der Waals surface area contributed by atoms with Crippen LogP contribution in [0.1, 0.15) is 29.3 Å². The van der Waals surface area contributed by atoms with Crippen molar-refractivity contribution in [2.45, 2.75) is 19.8 Å². The third-order valence-electron chi connectivity index (χ3n) is 2.11. The molecular weight excluding hydrogens is 211 g/mol. The van der Waals surface area contributed by atoms with Crippen LogP contribution in [0.25, 0.3) is 0 Å². The van der Waals surface area contributed by atoms with Crippen molar-refractivity contribution in [3.63, 3.8) is 0 Å². The number of hydrogen-bond donors (Lipinski definition) is 0. The molecule has 86 valence electrons. The Bertz CT molecular complexity index is 388. The molecule has 0 aromatic heterocycles. The summed E-state index contributed by atoms with van der Waals surface area (Å²) in [4.78, 5) is 21.8. The number of hydrogen-bond acceptors (Lipinski definition) is 3. The number of halogens is 1. The number of ether oxygens (including phenoxy) is 1. The minimum atomic E-state index is -0.679. The zero-order chi connectivity index (χ0) is 12.0. The third kappa shape index (κ3) is 2.89. The fourth-order valence-electron chi connectivity index (χ4n) is 1.42. The van der Waals surface area contributed by atoms with E-state index >= 15 is 0 Å². The lowest BCUT2D eigenvalue weighted by atomic mass is 10.0. The van der Waals surface area contributed by atoms with Crippen LogP contribution in [0.4, 0.5) is 4.39 Å². The number of carbonyl (C=O) groups is 2. The van der Waals surface area contributed by atoms with Crippen molar-refractivity contribution in [3.05, 3.63) is 35.1 Å². The Balaban J connectivity index is 3.02. The Morgan fingerprint density at radius 3 is 2.88 bits per heavy atom. The van der Waals surface area contributed by atoms with Gasteiger partial charge in [-0.3, -0.25) is 0 Å². The van der Waals surface area contributed by atoms with Crippen LogP contribution in [0.5, 0.6) is 0 Å². The van der Waals surface area contributed by atoms with E-state index in [0.717, 1.165) is 6.29 Å². The van der Waals surface area contributed by atoms with Crippen LogP contribution in [-0.2, 0) is 16.0 Å². The average molecular weight is 224 g/mol. The lowest BCUT2D eigenvalue weighted by molar-refractivity contribution is -0.107. The summed E-state index contributed by atoms with van der Waals surface area (Å²) in [5.74, 6) is -1.29. The van der Waals surface area contributed by atoms with E-state index in [0.29, 0.717) is 12.0 Å². The molecule has 0 spiro atoms. The Morgan fingerprint density at radius 2 is 2.25 bits per heavy atom. The maximum Gasteiger partial charge on any atom is 0.341 e. The summed E-state index contributed by atoms with van der Waals surface area (Å²) >= 11 is 0. The molecule has 4 heteroatoms. The van der Waals surface area contributed by atoms with Crippen LogP contribution in [0.15, 0.2) is 18.2 Å². The van der Waals surface area contributed by atoms with Gasteiger partial charge in [-0.1, -0.05) is 12.1 Å². The predicted octanol–water partition coefficient (Wildman–Crippen LogP) is 2.13. The summed E-state index contributed by atoms with van der Waals surface area (Å²) in [6.07, 6.45) is 1.34. The molecular formula is C12H13FO3. The molecule has 1 aromatic rings. The fraction of sp³-hybridized carbons (Fsp3) is 0.333. The van der Waals surface area contributed by atoms with Crippen molar-refractivity contribution < 1.29 is 18.7 Å². The molecule has 0 aliphatic rings. The van der Waals surface area contributed by atoms with E-state index in [1.54, 1.807) is 13.0 Å². The maximum absolute atomic E-state index is 13.5. The molecule has 16 heavy (non-hydrogen) atoms. The standard InChI is InChI=1S/C12H13FO3/c1-2-16-12(15)11-9(6-4-8-14)5-3-7-10(11)13/h3,5,7-8H,2,4,6H2,1H3. The molecule has 0 aliphatic carbocycles. The van der Waals surface area contributed by atoms with Crippen LogP contribution in [0.2, 0.25) is 0 Å². The zero-order valence-electron chi connectivity index (χ0n) is 9.03. The smallest absolute Gasteiger partial charge is 0.341 e. The molecule has 0 amide bonds. The second-order valence-corrected chi connectivity index (χ2v) is 3.20. The van der Waals surface area contributed by atoms with Gasteiger partial charge in [0.25, 0.3) is 0 Å². The van der Waals surface area contributed by atoms with Gasteiger partial charge < -0.3 is 9.53 Å². The molecule has 1 aromatic carbocycles. The minimum absolute atomic E-state index is 0.0637. The fourth-order valence-corrected chi connectivity index (χ4v) is 1.42. The van der Waals surface area contributed by atoms with Gasteiger partial charge in [-0.25, -0.2) is 9.18 Å². The van der Waals surface area contributed by atoms with E-state index in [1.807, 2.05) is 0 Å². The van der Waals surface area contributed by atoms with Crippen molar-refractivity contribution in [1.82, 2.24) is 0 Å². The van der Waals surface area contributed by atoms with E-state index in [9.17, 15) is 14.0 Å². The average Bonchev–Trinajstić information content (AvgIpc) is 2.26. The Kier molecular flexibility index (Phi) is 4.64. The first-order valence-electron chi connectivity index (χ1n) is 5.08. The summed E-state index contributed by atoms with van der Waals surface area (Å²) in [5.41, 5.74) is 0.441. The second kappa shape index (κ2) is 6.00. The summed E-state index contributed by atoms with van der Waals surface area (Å²) in [6, 6.07) is 4.34. The highest BCUT2D eigenvalue weighted by Gasteiger charge is 2.17. The molecule has 0 saturated heterocycles. The summed E-state index contributed by atoms with van der Waals surface area (Å²) in [6.45, 7) is 1.85. The highest BCUT2D eigenvalue weighted by Crippen LogP contribution is 2.16. The van der Waals surface area contributed by atoms with Gasteiger partial charge in [0.05, 0.1) is 12.2 Å². The lowest BCUT2D eigenvalue weighted by Crippen LogP contribution is -2.11. The molecule has 0 fully saturated rings. The van der Waals surface area contributed by atoms with Crippen LogP contribution in [0.3, 0.4) is 0 Å². The highest BCUT2D eigenvalue weighted by atomic mass is 19.1. The van der Waals surface area contributed by atoms with Crippen LogP contribution < -0.4 is 0 Å². The van der Waals surface area contributed by atoms with E-state index in [4.69, 9.17) is 4.74 Å². The molecule has 0 unspecified atom stereocenters. The molecule has 0 aliphatic heterocycles. The second-order valence-electron chi connectivity index (χ2n) is 3.20. The van der Waals surface area contributed by atoms with Crippen LogP contribution >= 0.6 is 0 Å². The Labute approximate surface area is 93.2 Å². The molecule has 0 N–H and O–H groups in total. The van der Waals surface area contributed by atoms with Crippen molar-refractivity contribution in [2.24, 2.45) is 0 Å². The molecule has 0 heterocycles. The Morgan fingerprint density at radius 1 is 1.50 bits per heavy atom. The van der Waals surface area contributed by atoms with Crippen molar-refractivity contribution in [2.75, 3.05) is 6.61 Å². The lowest BCUT2D eigenvalue weighted by Gasteiger charge is -2.08. The van der Waals surface area contributed by atoms with E-state index in [-0.39, 0.29) is 18.6 Å². The zero-order valence-corrected chi connectivity index (χ0v) is 9.03. The SMILES string of the molecule is CCOC(=O)c1c(F)cccc1CCC=O. The van der Waals surface area contributed by atoms with Gasteiger partial charge in [0.15, 0.2) is 0 Å². The number of rotatable bonds is 5. The summed E-state index contributed by atoms with van der Waals surface area (Å²) in [7, 11) is 0. The minimum Gasteiger partial charge on any atom is -0.462 e. The van der Waals surface area contributed by atoms with Gasteiger partial charge in [-0.05, 0) is 25.0 Å². The Hall–Kier alpha value is -1.71. The van der Waals surface area contributed by atoms with Gasteiger partial charge in [-0.2, -0.15) is 0 Å². The van der Waals surface area contributed by atoms with Gasteiger partial charge in [0, 0.05) is 6.42 Å². The number of esters is 1. The van der Waals surface area contributed by atoms with Crippen LogP contribution in [0, 0.1) is 5.82 Å². The number of aldehydes is 1. The van der Waals surface area contributed by atoms with Gasteiger partial charge in [0.2, 0.25) is 0 Å². The van der Waals surface area contributed by atoms with E-state index in [2.05, 4.69) is 0 Å². The van der Waals surface area contributed by atoms with Gasteiger partial charge in [0.1, 0.15) is 12.1 Å². The normalized spacial score (nSPS) is 9.88. The van der Waals surface area contributed by atoms with Crippen LogP contribution in [-0.4, -0.2) is 18.9 Å². The topological polar surface area (TPSA) is 43.4 Å². The largest absolute Gasteiger partial charge is 0.462 e. The molecule has 0 saturated carbocycles. The first-order chi connectivity index (χ1) is 7.70. The molecule has 0 bridgehead atoms. The van der Waals surface area contributed by atoms with Gasteiger partial charge >= 0.3 is 5.97 Å². The van der Waals surface area contributed by atoms with E-state index < -0.39 is 11.8 Å². The van der Waals surface area contributed by atoms with Crippen molar-refractivity contribution in [1.29, 1.82) is 0 Å². The predicted molar refractivity (Wildman–Crippen MR) is 56.7 cm³/mol. The summed E-state index contributed by atoms with van der Waals surface area (Å²) in [5, 5.41) is 0. The first kappa shape index (κ1) is 12.4. The van der Waals surface area contributed by atoms with Gasteiger partial charge in [-0.15, -0.1) is 0 Å². The quantitative estimate of drug-likeness (QED) is 0.568. The number of carbonyl (C=O) groups excluding carboxylic acids is 2. The molecule has 3 nitrogen and oxygen atoms in total. The number of aryl methyl sites for hydroxylation is 1. The van der Waals surface area contributed by atoms with E-state index in [1.165, 1.54) is 12.1 Å². The maximum atomic E-state index is 13.5.